The second-order valence-corrected chi connectivity index (χ2v) is 4.12. The molecule has 0 aromatic heterocycles. The van der Waals surface area contributed by atoms with Crippen LogP contribution in [0.5, 0.6) is 0 Å². The lowest BCUT2D eigenvalue weighted by atomic mass is 10.2. The van der Waals surface area contributed by atoms with Gasteiger partial charge in [-0.2, -0.15) is 0 Å². The van der Waals surface area contributed by atoms with Crippen LogP contribution in [0.15, 0.2) is 0 Å². The molecule has 1 fully saturated rings. The number of nitrogens with zero attached hydrogens (tertiary/aromatic N) is 1. The van der Waals surface area contributed by atoms with Gasteiger partial charge in [0, 0.05) is 6.54 Å². The molecule has 0 aromatic rings. The SMILES string of the molecule is CC(NC(=O)O[C@H]1CN(C)CC1(F)F)C(F)F. The first kappa shape index (κ1) is 14.0. The number of alkyl halides is 4. The molecule has 0 aromatic carbocycles. The van der Waals surface area contributed by atoms with Crippen molar-refractivity contribution in [3.8, 4) is 0 Å². The van der Waals surface area contributed by atoms with Crippen LogP contribution in [0.1, 0.15) is 6.92 Å². The minimum absolute atomic E-state index is 0.122. The number of likely N-dealkylation sites (tertiary alicyclic amines) is 1. The molecule has 0 aliphatic carbocycles. The maximum Gasteiger partial charge on any atom is 0.408 e. The molecule has 100 valence electrons. The van der Waals surface area contributed by atoms with Gasteiger partial charge in [-0.05, 0) is 14.0 Å². The summed E-state index contributed by atoms with van der Waals surface area (Å²) in [7, 11) is 1.46. The molecular weight excluding hydrogens is 244 g/mol. The number of carbonyl (C=O) groups is 1. The molecule has 1 amide bonds. The largest absolute Gasteiger partial charge is 0.438 e. The molecule has 1 heterocycles. The maximum atomic E-state index is 13.2. The highest BCUT2D eigenvalue weighted by Crippen LogP contribution is 2.28. The summed E-state index contributed by atoms with van der Waals surface area (Å²) < 4.78 is 55.1. The third-order valence-corrected chi connectivity index (χ3v) is 2.40. The average Bonchev–Trinajstić information content (AvgIpc) is 2.38. The monoisotopic (exact) mass is 258 g/mol. The van der Waals surface area contributed by atoms with Crippen LogP contribution in [-0.2, 0) is 4.74 Å². The zero-order chi connectivity index (χ0) is 13.2. The molecule has 0 bridgehead atoms. The lowest BCUT2D eigenvalue weighted by molar-refractivity contribution is -0.0786. The molecule has 2 atom stereocenters. The van der Waals surface area contributed by atoms with Crippen molar-refractivity contribution in [1.29, 1.82) is 0 Å². The van der Waals surface area contributed by atoms with Crippen molar-refractivity contribution < 1.29 is 27.1 Å². The van der Waals surface area contributed by atoms with E-state index in [1.165, 1.54) is 11.9 Å². The molecule has 1 rings (SSSR count). The van der Waals surface area contributed by atoms with E-state index >= 15 is 0 Å². The summed E-state index contributed by atoms with van der Waals surface area (Å²) in [5.74, 6) is -3.15. The normalized spacial score (nSPS) is 25.9. The number of amides is 1. The van der Waals surface area contributed by atoms with E-state index in [4.69, 9.17) is 0 Å². The van der Waals surface area contributed by atoms with Crippen LogP contribution in [0, 0.1) is 0 Å². The van der Waals surface area contributed by atoms with Crippen LogP contribution in [-0.4, -0.2) is 55.6 Å². The molecule has 0 radical (unpaired) electrons. The molecule has 1 unspecified atom stereocenters. The number of carbonyl (C=O) groups excluding carboxylic acids is 1. The fourth-order valence-electron chi connectivity index (χ4n) is 1.48. The van der Waals surface area contributed by atoms with Crippen LogP contribution < -0.4 is 5.32 Å². The van der Waals surface area contributed by atoms with Crippen molar-refractivity contribution in [2.45, 2.75) is 31.4 Å². The van der Waals surface area contributed by atoms with E-state index in [0.29, 0.717) is 0 Å². The molecule has 1 saturated heterocycles. The highest BCUT2D eigenvalue weighted by Gasteiger charge is 2.49. The van der Waals surface area contributed by atoms with E-state index in [-0.39, 0.29) is 6.54 Å². The Labute approximate surface area is 95.9 Å². The summed E-state index contributed by atoms with van der Waals surface area (Å²) in [6, 6.07) is -1.43. The summed E-state index contributed by atoms with van der Waals surface area (Å²) >= 11 is 0. The Bertz CT molecular complexity index is 288. The molecule has 1 aliphatic rings. The van der Waals surface area contributed by atoms with Gasteiger partial charge in [0.1, 0.15) is 0 Å². The quantitative estimate of drug-likeness (QED) is 0.776. The highest BCUT2D eigenvalue weighted by molar-refractivity contribution is 5.68. The van der Waals surface area contributed by atoms with Crippen LogP contribution in [0.4, 0.5) is 22.4 Å². The summed E-state index contributed by atoms with van der Waals surface area (Å²) in [5.41, 5.74) is 0. The van der Waals surface area contributed by atoms with E-state index in [0.717, 1.165) is 6.92 Å². The number of alkyl carbamates (subject to hydrolysis) is 1. The highest BCUT2D eigenvalue weighted by atomic mass is 19.3. The first-order valence-corrected chi connectivity index (χ1v) is 5.04. The fourth-order valence-corrected chi connectivity index (χ4v) is 1.48. The molecule has 4 nitrogen and oxygen atoms in total. The molecule has 17 heavy (non-hydrogen) atoms. The van der Waals surface area contributed by atoms with Crippen molar-refractivity contribution >= 4 is 6.09 Å². The van der Waals surface area contributed by atoms with E-state index in [9.17, 15) is 22.4 Å². The van der Waals surface area contributed by atoms with Gasteiger partial charge in [-0.3, -0.25) is 4.90 Å². The number of likely N-dealkylation sites (N-methyl/N-ethyl adjacent to an activating group) is 1. The van der Waals surface area contributed by atoms with Gasteiger partial charge in [-0.1, -0.05) is 0 Å². The van der Waals surface area contributed by atoms with Gasteiger partial charge in [0.15, 0.2) is 6.10 Å². The topological polar surface area (TPSA) is 41.6 Å². The first-order chi connectivity index (χ1) is 7.72. The molecule has 0 saturated carbocycles. The van der Waals surface area contributed by atoms with Gasteiger partial charge in [-0.15, -0.1) is 0 Å². The van der Waals surface area contributed by atoms with Crippen LogP contribution >= 0.6 is 0 Å². The number of nitrogens with one attached hydrogen (secondary N) is 1. The lowest BCUT2D eigenvalue weighted by Gasteiger charge is -2.20. The number of halogens is 4. The van der Waals surface area contributed by atoms with Gasteiger partial charge in [0.2, 0.25) is 0 Å². The Balaban J connectivity index is 2.46. The zero-order valence-corrected chi connectivity index (χ0v) is 9.42. The standard InChI is InChI=1S/C9H14F4N2O2/c1-5(7(10)11)14-8(16)17-6-3-15(2)4-9(6,12)13/h5-7H,3-4H2,1-2H3,(H,14,16)/t5?,6-/m0/s1. The second-order valence-electron chi connectivity index (χ2n) is 4.12. The maximum absolute atomic E-state index is 13.2. The summed E-state index contributed by atoms with van der Waals surface area (Å²) in [6.07, 6.45) is -5.62. The van der Waals surface area contributed by atoms with Gasteiger partial charge in [0.25, 0.3) is 12.3 Å². The number of ether oxygens (including phenoxy) is 1. The third kappa shape index (κ3) is 3.72. The number of rotatable bonds is 3. The van der Waals surface area contributed by atoms with Gasteiger partial charge >= 0.3 is 6.09 Å². The Kier molecular flexibility index (Phi) is 4.18. The fraction of sp³-hybridized carbons (Fsp3) is 0.889. The van der Waals surface area contributed by atoms with Crippen LogP contribution in [0.3, 0.4) is 0 Å². The number of hydrogen-bond donors (Lipinski definition) is 1. The first-order valence-electron chi connectivity index (χ1n) is 5.04. The van der Waals surface area contributed by atoms with Crippen molar-refractivity contribution in [3.63, 3.8) is 0 Å². The van der Waals surface area contributed by atoms with Crippen molar-refractivity contribution in [3.05, 3.63) is 0 Å². The second kappa shape index (κ2) is 5.07. The van der Waals surface area contributed by atoms with Gasteiger partial charge in [-0.25, -0.2) is 22.4 Å². The molecular formula is C9H14F4N2O2. The predicted octanol–water partition coefficient (Wildman–Crippen LogP) is 1.32. The van der Waals surface area contributed by atoms with E-state index < -0.39 is 37.1 Å². The molecule has 1 N–H and O–H groups in total. The molecule has 8 heteroatoms. The predicted molar refractivity (Wildman–Crippen MR) is 51.3 cm³/mol. The Morgan fingerprint density at radius 1 is 1.53 bits per heavy atom. The Hall–Kier alpha value is -1.05. The Morgan fingerprint density at radius 3 is 2.53 bits per heavy atom. The average molecular weight is 258 g/mol. The van der Waals surface area contributed by atoms with Crippen LogP contribution in [0.2, 0.25) is 0 Å². The summed E-state index contributed by atoms with van der Waals surface area (Å²) in [5, 5.41) is 1.80. The van der Waals surface area contributed by atoms with E-state index in [1.54, 1.807) is 5.32 Å². The number of hydrogen-bond acceptors (Lipinski definition) is 3. The Morgan fingerprint density at radius 2 is 2.12 bits per heavy atom. The third-order valence-electron chi connectivity index (χ3n) is 2.40. The zero-order valence-electron chi connectivity index (χ0n) is 9.42. The van der Waals surface area contributed by atoms with Gasteiger partial charge in [0.05, 0.1) is 12.6 Å². The smallest absolute Gasteiger partial charge is 0.408 e. The minimum atomic E-state index is -3.15. The van der Waals surface area contributed by atoms with Crippen molar-refractivity contribution in [2.24, 2.45) is 0 Å². The van der Waals surface area contributed by atoms with Crippen molar-refractivity contribution in [2.75, 3.05) is 20.1 Å². The van der Waals surface area contributed by atoms with Crippen molar-refractivity contribution in [1.82, 2.24) is 10.2 Å². The molecule has 1 aliphatic heterocycles. The van der Waals surface area contributed by atoms with E-state index in [1.807, 2.05) is 0 Å². The van der Waals surface area contributed by atoms with Gasteiger partial charge < -0.3 is 10.1 Å². The minimum Gasteiger partial charge on any atom is -0.438 e. The molecule has 0 spiro atoms. The van der Waals surface area contributed by atoms with E-state index in [2.05, 4.69) is 4.74 Å². The summed E-state index contributed by atoms with van der Waals surface area (Å²) in [4.78, 5) is 12.4. The van der Waals surface area contributed by atoms with Crippen LogP contribution in [0.25, 0.3) is 0 Å². The lowest BCUT2D eigenvalue weighted by Crippen LogP contribution is -2.43. The summed E-state index contributed by atoms with van der Waals surface area (Å²) in [6.45, 7) is 0.420.